The van der Waals surface area contributed by atoms with Crippen LogP contribution in [0.1, 0.15) is 38.5 Å². The Morgan fingerprint density at radius 2 is 1.82 bits per heavy atom. The topological polar surface area (TPSA) is 90.5 Å². The number of anilines is 1. The van der Waals surface area contributed by atoms with E-state index in [1.165, 1.54) is 0 Å². The number of carbonyl (C=O) groups excluding carboxylic acids is 3. The summed E-state index contributed by atoms with van der Waals surface area (Å²) in [4.78, 5) is 38.6. The molecule has 0 bridgehead atoms. The number of amides is 4. The normalized spacial score (nSPS) is 20.1. The standard InChI is InChI=1S/C19H24Cl2N4O3/c20-12-7-8-15(14(21)10-12)23-18(27)16-6-3-9-25(16)11-17(26)24-19(28)22-13-4-1-2-5-13/h7-8,10,13,16H,1-6,9,11H2,(H,23,27)(H2,22,24,26,28)/t16-/m1/s1. The number of urea groups is 1. The Morgan fingerprint density at radius 3 is 2.54 bits per heavy atom. The summed E-state index contributed by atoms with van der Waals surface area (Å²) in [5.41, 5.74) is 0.475. The minimum atomic E-state index is -0.468. The zero-order chi connectivity index (χ0) is 20.1. The zero-order valence-electron chi connectivity index (χ0n) is 15.5. The van der Waals surface area contributed by atoms with Crippen LogP contribution in [0.5, 0.6) is 0 Å². The van der Waals surface area contributed by atoms with Crippen LogP contribution in [-0.4, -0.2) is 47.9 Å². The van der Waals surface area contributed by atoms with E-state index in [9.17, 15) is 14.4 Å². The van der Waals surface area contributed by atoms with Crippen molar-refractivity contribution in [2.75, 3.05) is 18.4 Å². The van der Waals surface area contributed by atoms with E-state index in [4.69, 9.17) is 23.2 Å². The maximum Gasteiger partial charge on any atom is 0.321 e. The third-order valence-corrected chi connectivity index (χ3v) is 5.69. The second-order valence-corrected chi connectivity index (χ2v) is 8.09. The average molecular weight is 427 g/mol. The Kier molecular flexibility index (Phi) is 7.15. The maximum absolute atomic E-state index is 12.6. The van der Waals surface area contributed by atoms with E-state index in [-0.39, 0.29) is 18.5 Å². The molecule has 0 radical (unpaired) electrons. The van der Waals surface area contributed by atoms with E-state index < -0.39 is 18.0 Å². The first-order valence-corrected chi connectivity index (χ1v) is 10.3. The Morgan fingerprint density at radius 1 is 1.07 bits per heavy atom. The lowest BCUT2D eigenvalue weighted by atomic mass is 10.2. The average Bonchev–Trinajstić information content (AvgIpc) is 3.29. The lowest BCUT2D eigenvalue weighted by Gasteiger charge is -2.23. The van der Waals surface area contributed by atoms with Crippen molar-refractivity contribution in [1.29, 1.82) is 0 Å². The number of hydrogen-bond acceptors (Lipinski definition) is 4. The number of likely N-dealkylation sites (tertiary alicyclic amines) is 1. The summed E-state index contributed by atoms with van der Waals surface area (Å²) in [6.45, 7) is 0.606. The van der Waals surface area contributed by atoms with Gasteiger partial charge in [0, 0.05) is 11.1 Å². The van der Waals surface area contributed by atoms with E-state index in [0.717, 1.165) is 32.1 Å². The third-order valence-electron chi connectivity index (χ3n) is 5.15. The number of imide groups is 1. The Hall–Kier alpha value is -1.83. The number of carbonyl (C=O) groups is 3. The quantitative estimate of drug-likeness (QED) is 0.674. The minimum Gasteiger partial charge on any atom is -0.335 e. The molecule has 4 amide bonds. The zero-order valence-corrected chi connectivity index (χ0v) is 17.0. The molecule has 28 heavy (non-hydrogen) atoms. The van der Waals surface area contributed by atoms with Crippen LogP contribution in [0, 0.1) is 0 Å². The van der Waals surface area contributed by atoms with Gasteiger partial charge < -0.3 is 10.6 Å². The minimum absolute atomic E-state index is 0.00940. The summed E-state index contributed by atoms with van der Waals surface area (Å²) in [5.74, 6) is -0.648. The second-order valence-electron chi connectivity index (χ2n) is 7.24. The maximum atomic E-state index is 12.6. The molecule has 9 heteroatoms. The molecule has 0 unspecified atom stereocenters. The van der Waals surface area contributed by atoms with Gasteiger partial charge in [-0.1, -0.05) is 36.0 Å². The summed E-state index contributed by atoms with van der Waals surface area (Å²) in [5, 5.41) is 8.81. The van der Waals surface area contributed by atoms with Crippen molar-refractivity contribution < 1.29 is 14.4 Å². The lowest BCUT2D eigenvalue weighted by Crippen LogP contribution is -2.49. The first kappa shape index (κ1) is 20.9. The molecule has 2 fully saturated rings. The van der Waals surface area contributed by atoms with Gasteiger partial charge in [-0.15, -0.1) is 0 Å². The number of nitrogens with zero attached hydrogens (tertiary/aromatic N) is 1. The van der Waals surface area contributed by atoms with Crippen LogP contribution in [0.4, 0.5) is 10.5 Å². The van der Waals surface area contributed by atoms with Gasteiger partial charge in [-0.05, 0) is 50.4 Å². The summed E-state index contributed by atoms with van der Waals surface area (Å²) in [7, 11) is 0. The highest BCUT2D eigenvalue weighted by atomic mass is 35.5. The molecule has 1 aromatic rings. The van der Waals surface area contributed by atoms with Crippen molar-refractivity contribution in [2.45, 2.75) is 50.6 Å². The molecule has 1 heterocycles. The van der Waals surface area contributed by atoms with Crippen molar-refractivity contribution in [1.82, 2.24) is 15.5 Å². The van der Waals surface area contributed by atoms with Gasteiger partial charge in [0.05, 0.1) is 23.3 Å². The summed E-state index contributed by atoms with van der Waals surface area (Å²) < 4.78 is 0. The molecule has 1 atom stereocenters. The van der Waals surface area contributed by atoms with Gasteiger partial charge in [0.15, 0.2) is 0 Å². The number of nitrogens with one attached hydrogen (secondary N) is 3. The van der Waals surface area contributed by atoms with E-state index in [0.29, 0.717) is 28.7 Å². The predicted molar refractivity (Wildman–Crippen MR) is 109 cm³/mol. The Balaban J connectivity index is 1.51. The highest BCUT2D eigenvalue weighted by Gasteiger charge is 2.32. The predicted octanol–water partition coefficient (Wildman–Crippen LogP) is 3.16. The molecule has 1 aromatic carbocycles. The lowest BCUT2D eigenvalue weighted by molar-refractivity contribution is -0.124. The van der Waals surface area contributed by atoms with Crippen LogP contribution in [0.3, 0.4) is 0 Å². The van der Waals surface area contributed by atoms with E-state index in [2.05, 4.69) is 16.0 Å². The first-order chi connectivity index (χ1) is 13.4. The molecule has 3 rings (SSSR count). The van der Waals surface area contributed by atoms with Gasteiger partial charge in [-0.25, -0.2) is 4.79 Å². The van der Waals surface area contributed by atoms with Crippen LogP contribution in [0.25, 0.3) is 0 Å². The molecular formula is C19H24Cl2N4O3. The smallest absolute Gasteiger partial charge is 0.321 e. The van der Waals surface area contributed by atoms with Crippen molar-refractivity contribution in [3.05, 3.63) is 28.2 Å². The molecule has 3 N–H and O–H groups in total. The molecule has 1 saturated heterocycles. The SMILES string of the molecule is O=C(CN1CCC[C@@H]1C(=O)Nc1ccc(Cl)cc1Cl)NC(=O)NC1CCCC1. The first-order valence-electron chi connectivity index (χ1n) is 9.52. The fraction of sp³-hybridized carbons (Fsp3) is 0.526. The molecule has 1 aliphatic carbocycles. The fourth-order valence-corrected chi connectivity index (χ4v) is 4.22. The van der Waals surface area contributed by atoms with Crippen LogP contribution in [-0.2, 0) is 9.59 Å². The van der Waals surface area contributed by atoms with Crippen molar-refractivity contribution in [2.24, 2.45) is 0 Å². The van der Waals surface area contributed by atoms with Gasteiger partial charge in [-0.3, -0.25) is 19.8 Å². The number of halogens is 2. The Labute approximate surface area is 174 Å². The van der Waals surface area contributed by atoms with Gasteiger partial charge in [0.1, 0.15) is 0 Å². The largest absolute Gasteiger partial charge is 0.335 e. The van der Waals surface area contributed by atoms with Gasteiger partial charge in [0.25, 0.3) is 0 Å². The molecule has 152 valence electrons. The van der Waals surface area contributed by atoms with Crippen molar-refractivity contribution in [3.8, 4) is 0 Å². The van der Waals surface area contributed by atoms with Gasteiger partial charge in [0.2, 0.25) is 11.8 Å². The van der Waals surface area contributed by atoms with Gasteiger partial charge >= 0.3 is 6.03 Å². The molecule has 0 spiro atoms. The summed E-state index contributed by atoms with van der Waals surface area (Å²) in [6.07, 6.45) is 5.53. The third kappa shape index (κ3) is 5.59. The Bertz CT molecular complexity index is 753. The number of hydrogen-bond donors (Lipinski definition) is 3. The highest BCUT2D eigenvalue weighted by Crippen LogP contribution is 2.27. The van der Waals surface area contributed by atoms with E-state index >= 15 is 0 Å². The van der Waals surface area contributed by atoms with Crippen LogP contribution >= 0.6 is 23.2 Å². The second kappa shape index (κ2) is 9.58. The summed E-state index contributed by atoms with van der Waals surface area (Å²) >= 11 is 12.0. The van der Waals surface area contributed by atoms with Crippen molar-refractivity contribution in [3.63, 3.8) is 0 Å². The highest BCUT2D eigenvalue weighted by molar-refractivity contribution is 6.36. The number of rotatable bonds is 5. The monoisotopic (exact) mass is 426 g/mol. The van der Waals surface area contributed by atoms with Crippen LogP contribution in [0.2, 0.25) is 10.0 Å². The van der Waals surface area contributed by atoms with Crippen LogP contribution < -0.4 is 16.0 Å². The van der Waals surface area contributed by atoms with E-state index in [1.54, 1.807) is 23.1 Å². The van der Waals surface area contributed by atoms with Gasteiger partial charge in [-0.2, -0.15) is 0 Å². The number of benzene rings is 1. The summed E-state index contributed by atoms with van der Waals surface area (Å²) in [6, 6.07) is 4.07. The molecule has 0 aromatic heterocycles. The fourth-order valence-electron chi connectivity index (χ4n) is 3.76. The van der Waals surface area contributed by atoms with E-state index in [1.807, 2.05) is 0 Å². The molecular weight excluding hydrogens is 403 g/mol. The molecule has 7 nitrogen and oxygen atoms in total. The molecule has 2 aliphatic rings. The molecule has 1 aliphatic heterocycles. The van der Waals surface area contributed by atoms with Crippen LogP contribution in [0.15, 0.2) is 18.2 Å². The van der Waals surface area contributed by atoms with Crippen molar-refractivity contribution >= 4 is 46.7 Å². The molecule has 1 saturated carbocycles.